The highest BCUT2D eigenvalue weighted by atomic mass is 16.2. The van der Waals surface area contributed by atoms with Crippen LogP contribution in [0.1, 0.15) is 30.4 Å². The van der Waals surface area contributed by atoms with Crippen LogP contribution in [0.15, 0.2) is 36.9 Å². The second-order valence-electron chi connectivity index (χ2n) is 7.05. The summed E-state index contributed by atoms with van der Waals surface area (Å²) in [6.07, 6.45) is 7.16. The molecule has 6 nitrogen and oxygen atoms in total. The average molecular weight is 339 g/mol. The smallest absolute Gasteiger partial charge is 0.224 e. The van der Waals surface area contributed by atoms with Crippen LogP contribution in [0.4, 0.5) is 0 Å². The third-order valence-electron chi connectivity index (χ3n) is 5.54. The minimum absolute atomic E-state index is 0.246. The van der Waals surface area contributed by atoms with Gasteiger partial charge >= 0.3 is 0 Å². The van der Waals surface area contributed by atoms with Crippen molar-refractivity contribution in [1.82, 2.24) is 24.6 Å². The lowest BCUT2D eigenvalue weighted by Crippen LogP contribution is -2.48. The van der Waals surface area contributed by atoms with E-state index in [1.807, 2.05) is 9.47 Å². The van der Waals surface area contributed by atoms with Gasteiger partial charge in [-0.3, -0.25) is 9.69 Å². The molecule has 2 aromatic rings. The van der Waals surface area contributed by atoms with Gasteiger partial charge in [-0.05, 0) is 30.4 Å². The van der Waals surface area contributed by atoms with Crippen molar-refractivity contribution >= 4 is 5.91 Å². The van der Waals surface area contributed by atoms with E-state index in [9.17, 15) is 4.79 Å². The largest absolute Gasteiger partial charge is 0.343 e. The molecule has 1 amide bonds. The van der Waals surface area contributed by atoms with Crippen LogP contribution < -0.4 is 0 Å². The highest BCUT2D eigenvalue weighted by molar-refractivity contribution is 5.76. The van der Waals surface area contributed by atoms with Crippen molar-refractivity contribution < 1.29 is 4.79 Å². The summed E-state index contributed by atoms with van der Waals surface area (Å²) < 4.78 is 1.86. The van der Waals surface area contributed by atoms with Crippen LogP contribution in [-0.4, -0.2) is 56.1 Å². The Morgan fingerprint density at radius 1 is 1.04 bits per heavy atom. The molecule has 25 heavy (non-hydrogen) atoms. The number of rotatable bonds is 4. The van der Waals surface area contributed by atoms with Crippen LogP contribution >= 0.6 is 0 Å². The Balaban J connectivity index is 1.26. The lowest BCUT2D eigenvalue weighted by molar-refractivity contribution is -0.133. The Morgan fingerprint density at radius 2 is 1.76 bits per heavy atom. The number of fused-ring (bicyclic) bond motifs is 1. The molecule has 0 radical (unpaired) electrons. The van der Waals surface area contributed by atoms with E-state index in [0.29, 0.717) is 19.0 Å². The molecule has 6 heteroatoms. The molecule has 2 aliphatic heterocycles. The number of hydrogen-bond acceptors (Lipinski definition) is 4. The van der Waals surface area contributed by atoms with E-state index in [1.165, 1.54) is 11.1 Å². The van der Waals surface area contributed by atoms with Crippen molar-refractivity contribution in [2.45, 2.75) is 44.8 Å². The van der Waals surface area contributed by atoms with Gasteiger partial charge in [0.2, 0.25) is 5.91 Å². The van der Waals surface area contributed by atoms with Crippen LogP contribution in [-0.2, 0) is 24.3 Å². The molecule has 0 unspecified atom stereocenters. The van der Waals surface area contributed by atoms with Crippen LogP contribution in [0.2, 0.25) is 0 Å². The zero-order valence-electron chi connectivity index (χ0n) is 14.5. The second kappa shape index (κ2) is 7.35. The van der Waals surface area contributed by atoms with E-state index in [2.05, 4.69) is 39.4 Å². The quantitative estimate of drug-likeness (QED) is 0.851. The van der Waals surface area contributed by atoms with E-state index in [4.69, 9.17) is 0 Å². The molecule has 1 saturated heterocycles. The fraction of sp³-hybridized carbons (Fsp3) is 0.526. The van der Waals surface area contributed by atoms with Gasteiger partial charge in [-0.25, -0.2) is 0 Å². The first-order valence-electron chi connectivity index (χ1n) is 9.20. The number of carbonyl (C=O) groups excluding carboxylic acids is 1. The second-order valence-corrected chi connectivity index (χ2v) is 7.05. The summed E-state index contributed by atoms with van der Waals surface area (Å²) >= 11 is 0. The lowest BCUT2D eigenvalue weighted by atomic mass is 9.95. The number of likely N-dealkylation sites (tertiary alicyclic amines) is 1. The van der Waals surface area contributed by atoms with E-state index in [-0.39, 0.29) is 5.91 Å². The topological polar surface area (TPSA) is 54.3 Å². The molecule has 1 aromatic heterocycles. The number of amides is 1. The zero-order valence-corrected chi connectivity index (χ0v) is 14.5. The van der Waals surface area contributed by atoms with Gasteiger partial charge in [0, 0.05) is 45.2 Å². The molecule has 2 aliphatic rings. The fourth-order valence-corrected chi connectivity index (χ4v) is 4.03. The number of aromatic nitrogens is 3. The maximum Gasteiger partial charge on any atom is 0.224 e. The summed E-state index contributed by atoms with van der Waals surface area (Å²) in [4.78, 5) is 17.0. The Labute approximate surface area is 148 Å². The monoisotopic (exact) mass is 339 g/mol. The Morgan fingerprint density at radius 3 is 2.52 bits per heavy atom. The number of piperidine rings is 1. The molecule has 0 saturated carbocycles. The molecule has 0 spiro atoms. The van der Waals surface area contributed by atoms with Crippen LogP contribution in [0.3, 0.4) is 0 Å². The summed E-state index contributed by atoms with van der Waals surface area (Å²) in [7, 11) is 0. The Hall–Kier alpha value is -2.21. The van der Waals surface area contributed by atoms with Crippen LogP contribution in [0.25, 0.3) is 0 Å². The summed E-state index contributed by atoms with van der Waals surface area (Å²) in [6.45, 7) is 4.62. The number of aryl methyl sites for hydroxylation is 1. The predicted octanol–water partition coefficient (Wildman–Crippen LogP) is 1.72. The first-order chi connectivity index (χ1) is 12.3. The number of nitrogens with zero attached hydrogens (tertiary/aromatic N) is 5. The maximum atomic E-state index is 12.4. The number of hydrogen-bond donors (Lipinski definition) is 0. The zero-order chi connectivity index (χ0) is 17.1. The molecule has 0 aliphatic carbocycles. The van der Waals surface area contributed by atoms with E-state index in [1.54, 1.807) is 12.7 Å². The third kappa shape index (κ3) is 3.74. The summed E-state index contributed by atoms with van der Waals surface area (Å²) in [5.74, 6) is 0.246. The summed E-state index contributed by atoms with van der Waals surface area (Å²) in [5, 5.41) is 7.55. The summed E-state index contributed by atoms with van der Waals surface area (Å²) in [6, 6.07) is 9.39. The molecule has 1 fully saturated rings. The fourth-order valence-electron chi connectivity index (χ4n) is 4.03. The normalized spacial score (nSPS) is 19.0. The van der Waals surface area contributed by atoms with E-state index in [0.717, 1.165) is 45.4 Å². The van der Waals surface area contributed by atoms with Crippen molar-refractivity contribution in [3.05, 3.63) is 48.0 Å². The molecule has 1 aromatic carbocycles. The molecular formula is C19H25N5O. The van der Waals surface area contributed by atoms with Gasteiger partial charge < -0.3 is 9.47 Å². The van der Waals surface area contributed by atoms with Crippen molar-refractivity contribution in [3.8, 4) is 0 Å². The van der Waals surface area contributed by atoms with Gasteiger partial charge in [0.1, 0.15) is 12.7 Å². The molecule has 132 valence electrons. The molecular weight excluding hydrogens is 314 g/mol. The van der Waals surface area contributed by atoms with Gasteiger partial charge in [0.15, 0.2) is 0 Å². The molecule has 4 rings (SSSR count). The van der Waals surface area contributed by atoms with Crippen molar-refractivity contribution in [1.29, 1.82) is 0 Å². The van der Waals surface area contributed by atoms with E-state index < -0.39 is 0 Å². The van der Waals surface area contributed by atoms with Gasteiger partial charge in [-0.1, -0.05) is 24.3 Å². The van der Waals surface area contributed by atoms with Crippen LogP contribution in [0, 0.1) is 0 Å². The Bertz CT molecular complexity index is 706. The van der Waals surface area contributed by atoms with Gasteiger partial charge in [0.05, 0.1) is 0 Å². The Kier molecular flexibility index (Phi) is 4.78. The summed E-state index contributed by atoms with van der Waals surface area (Å²) in [5.41, 5.74) is 2.97. The van der Waals surface area contributed by atoms with E-state index >= 15 is 0 Å². The lowest BCUT2D eigenvalue weighted by Gasteiger charge is -2.40. The first kappa shape index (κ1) is 16.3. The molecule has 0 atom stereocenters. The van der Waals surface area contributed by atoms with Gasteiger partial charge in [0.25, 0.3) is 0 Å². The van der Waals surface area contributed by atoms with Crippen molar-refractivity contribution in [2.75, 3.05) is 19.6 Å². The standard InChI is InChI=1S/C19H25N5O/c25-19(8-9-22-14-20-21-15-22)23-11-6-18(7-12-23)24-10-5-16-3-1-2-4-17(16)13-24/h1-4,14-15,18H,5-13H2. The maximum absolute atomic E-state index is 12.4. The average Bonchev–Trinajstić information content (AvgIpc) is 3.19. The SMILES string of the molecule is O=C(CCn1cnnc1)N1CCC(N2CCc3ccccc3C2)CC1. The van der Waals surface area contributed by atoms with Crippen molar-refractivity contribution in [2.24, 2.45) is 0 Å². The first-order valence-corrected chi connectivity index (χ1v) is 9.20. The van der Waals surface area contributed by atoms with Gasteiger partial charge in [-0.15, -0.1) is 10.2 Å². The van der Waals surface area contributed by atoms with Crippen LogP contribution in [0.5, 0.6) is 0 Å². The molecule has 0 N–H and O–H groups in total. The third-order valence-corrected chi connectivity index (χ3v) is 5.54. The minimum Gasteiger partial charge on any atom is -0.343 e. The predicted molar refractivity (Wildman–Crippen MR) is 94.8 cm³/mol. The highest BCUT2D eigenvalue weighted by Crippen LogP contribution is 2.25. The highest BCUT2D eigenvalue weighted by Gasteiger charge is 2.28. The molecule has 3 heterocycles. The molecule has 0 bridgehead atoms. The van der Waals surface area contributed by atoms with Gasteiger partial charge in [-0.2, -0.15) is 0 Å². The minimum atomic E-state index is 0.246. The number of carbonyl (C=O) groups is 1. The number of benzene rings is 1. The van der Waals surface area contributed by atoms with Crippen molar-refractivity contribution in [3.63, 3.8) is 0 Å².